The highest BCUT2D eigenvalue weighted by molar-refractivity contribution is 7.11. The molecule has 0 aliphatic heterocycles. The summed E-state index contributed by atoms with van der Waals surface area (Å²) in [6, 6.07) is 3.72. The largest absolute Gasteiger partial charge is 0.478 e. The molecule has 1 heterocycles. The molecule has 0 saturated carbocycles. The molecule has 1 aromatic heterocycles. The van der Waals surface area contributed by atoms with Gasteiger partial charge in [-0.15, -0.1) is 11.3 Å². The topological polar surface area (TPSA) is 81.4 Å². The summed E-state index contributed by atoms with van der Waals surface area (Å²) in [5, 5.41) is 19.0. The zero-order valence-corrected chi connectivity index (χ0v) is 12.9. The first-order valence-corrected chi connectivity index (χ1v) is 7.47. The minimum absolute atomic E-state index is 0.120. The lowest BCUT2D eigenvalue weighted by molar-refractivity contribution is -0.131. The van der Waals surface area contributed by atoms with Gasteiger partial charge in [-0.05, 0) is 18.1 Å². The Kier molecular flexibility index (Phi) is 6.63. The number of carbonyl (C=O) groups is 2. The van der Waals surface area contributed by atoms with E-state index in [1.54, 1.807) is 16.3 Å². The number of rotatable bonds is 7. The van der Waals surface area contributed by atoms with E-state index in [-0.39, 0.29) is 5.91 Å². The molecular formula is C15H18N2O3S. The van der Waals surface area contributed by atoms with Crippen LogP contribution in [0, 0.1) is 17.2 Å². The highest BCUT2D eigenvalue weighted by atomic mass is 32.1. The van der Waals surface area contributed by atoms with E-state index in [0.29, 0.717) is 35.9 Å². The summed E-state index contributed by atoms with van der Waals surface area (Å²) in [5.74, 6) is -0.824. The third kappa shape index (κ3) is 5.79. The van der Waals surface area contributed by atoms with Crippen LogP contribution in [-0.2, 0) is 4.79 Å². The Balaban J connectivity index is 2.83. The van der Waals surface area contributed by atoms with Crippen molar-refractivity contribution in [2.75, 3.05) is 13.1 Å². The van der Waals surface area contributed by atoms with Crippen LogP contribution in [-0.4, -0.2) is 35.0 Å². The fourth-order valence-corrected chi connectivity index (χ4v) is 2.56. The van der Waals surface area contributed by atoms with Crippen LogP contribution < -0.4 is 0 Å². The second kappa shape index (κ2) is 8.22. The standard InChI is InChI=1S/C15H18N2O3S/c1-11(2)9-17(7-3-6-16)15(20)12-8-13(21-10-12)4-5-14(18)19/h4-5,8,10-11H,3,7,9H2,1-2H3,(H,18,19). The Hall–Kier alpha value is -2.13. The zero-order valence-electron chi connectivity index (χ0n) is 12.1. The number of hydrogen-bond acceptors (Lipinski definition) is 4. The highest BCUT2D eigenvalue weighted by Gasteiger charge is 2.17. The van der Waals surface area contributed by atoms with Gasteiger partial charge >= 0.3 is 5.97 Å². The number of carbonyl (C=O) groups excluding carboxylic acids is 1. The maximum Gasteiger partial charge on any atom is 0.328 e. The molecule has 0 aromatic carbocycles. The van der Waals surface area contributed by atoms with Gasteiger partial charge in [0.2, 0.25) is 0 Å². The van der Waals surface area contributed by atoms with E-state index in [4.69, 9.17) is 10.4 Å². The Morgan fingerprint density at radius 3 is 2.81 bits per heavy atom. The Morgan fingerprint density at radius 1 is 1.52 bits per heavy atom. The minimum atomic E-state index is -1.02. The average Bonchev–Trinajstić information content (AvgIpc) is 2.88. The van der Waals surface area contributed by atoms with Gasteiger partial charge in [-0.1, -0.05) is 13.8 Å². The molecule has 5 nitrogen and oxygen atoms in total. The van der Waals surface area contributed by atoms with Crippen molar-refractivity contribution in [2.24, 2.45) is 5.92 Å². The summed E-state index contributed by atoms with van der Waals surface area (Å²) in [5.41, 5.74) is 0.531. The normalized spacial score (nSPS) is 10.8. The van der Waals surface area contributed by atoms with Crippen LogP contribution in [0.1, 0.15) is 35.5 Å². The summed E-state index contributed by atoms with van der Waals surface area (Å²) in [4.78, 5) is 25.3. The molecule has 0 aliphatic rings. The number of carboxylic acid groups (broad SMARTS) is 1. The molecule has 1 rings (SSSR count). The van der Waals surface area contributed by atoms with E-state index < -0.39 is 5.97 Å². The quantitative estimate of drug-likeness (QED) is 0.785. The molecule has 0 fully saturated rings. The number of nitriles is 1. The van der Waals surface area contributed by atoms with Crippen molar-refractivity contribution >= 4 is 29.3 Å². The molecule has 0 atom stereocenters. The SMILES string of the molecule is CC(C)CN(CCC#N)C(=O)c1csc(C=CC(=O)O)c1. The van der Waals surface area contributed by atoms with Crippen molar-refractivity contribution in [3.63, 3.8) is 0 Å². The van der Waals surface area contributed by atoms with Gasteiger partial charge in [-0.2, -0.15) is 5.26 Å². The lowest BCUT2D eigenvalue weighted by Crippen LogP contribution is -2.34. The van der Waals surface area contributed by atoms with Crippen LogP contribution in [0.15, 0.2) is 17.5 Å². The third-order valence-corrected chi connectivity index (χ3v) is 3.52. The number of nitrogens with zero attached hydrogens (tertiary/aromatic N) is 2. The molecule has 1 N–H and O–H groups in total. The summed E-state index contributed by atoms with van der Waals surface area (Å²) < 4.78 is 0. The molecule has 0 bridgehead atoms. The fourth-order valence-electron chi connectivity index (χ4n) is 1.79. The predicted octanol–water partition coefficient (Wildman–Crippen LogP) is 2.86. The van der Waals surface area contributed by atoms with Gasteiger partial charge in [0, 0.05) is 29.4 Å². The molecule has 1 aromatic rings. The van der Waals surface area contributed by atoms with E-state index >= 15 is 0 Å². The second-order valence-corrected chi connectivity index (χ2v) is 5.91. The second-order valence-electron chi connectivity index (χ2n) is 4.96. The van der Waals surface area contributed by atoms with Crippen molar-refractivity contribution in [3.05, 3.63) is 28.0 Å². The summed E-state index contributed by atoms with van der Waals surface area (Å²) >= 11 is 1.32. The van der Waals surface area contributed by atoms with Crippen LogP contribution >= 0.6 is 11.3 Å². The van der Waals surface area contributed by atoms with E-state index in [0.717, 1.165) is 6.08 Å². The van der Waals surface area contributed by atoms with Gasteiger partial charge in [0.15, 0.2) is 0 Å². The third-order valence-electron chi connectivity index (χ3n) is 2.62. The molecule has 0 aliphatic carbocycles. The van der Waals surface area contributed by atoms with Crippen LogP contribution in [0.25, 0.3) is 6.08 Å². The smallest absolute Gasteiger partial charge is 0.328 e. The summed E-state index contributed by atoms with van der Waals surface area (Å²) in [7, 11) is 0. The van der Waals surface area contributed by atoms with Crippen molar-refractivity contribution < 1.29 is 14.7 Å². The first-order chi connectivity index (χ1) is 9.93. The molecule has 6 heteroatoms. The molecule has 112 valence electrons. The van der Waals surface area contributed by atoms with E-state index in [1.165, 1.54) is 17.4 Å². The Bertz CT molecular complexity index is 570. The molecule has 0 spiro atoms. The van der Waals surface area contributed by atoms with Gasteiger partial charge in [-0.3, -0.25) is 4.79 Å². The number of thiophene rings is 1. The number of hydrogen-bond donors (Lipinski definition) is 1. The van der Waals surface area contributed by atoms with Crippen LogP contribution in [0.4, 0.5) is 0 Å². The first-order valence-electron chi connectivity index (χ1n) is 6.59. The fraction of sp³-hybridized carbons (Fsp3) is 0.400. The Labute approximate surface area is 128 Å². The van der Waals surface area contributed by atoms with Crippen molar-refractivity contribution in [3.8, 4) is 6.07 Å². The lowest BCUT2D eigenvalue weighted by Gasteiger charge is -2.23. The van der Waals surface area contributed by atoms with E-state index in [2.05, 4.69) is 0 Å². The van der Waals surface area contributed by atoms with Gasteiger partial charge in [-0.25, -0.2) is 4.79 Å². The van der Waals surface area contributed by atoms with Gasteiger partial charge in [0.25, 0.3) is 5.91 Å². The molecule has 21 heavy (non-hydrogen) atoms. The number of amides is 1. The number of carboxylic acids is 1. The maximum atomic E-state index is 12.4. The summed E-state index contributed by atoms with van der Waals surface area (Å²) in [6.45, 7) is 5.03. The van der Waals surface area contributed by atoms with Crippen LogP contribution in [0.3, 0.4) is 0 Å². The maximum absolute atomic E-state index is 12.4. The summed E-state index contributed by atoms with van der Waals surface area (Å²) in [6.07, 6.45) is 2.81. The van der Waals surface area contributed by atoms with Crippen LogP contribution in [0.5, 0.6) is 0 Å². The Morgan fingerprint density at radius 2 is 2.24 bits per heavy atom. The van der Waals surface area contributed by atoms with E-state index in [9.17, 15) is 9.59 Å². The molecule has 1 amide bonds. The highest BCUT2D eigenvalue weighted by Crippen LogP contribution is 2.18. The lowest BCUT2D eigenvalue weighted by atomic mass is 10.1. The van der Waals surface area contributed by atoms with Gasteiger partial charge < -0.3 is 10.0 Å². The average molecular weight is 306 g/mol. The molecule has 0 radical (unpaired) electrons. The van der Waals surface area contributed by atoms with Crippen molar-refractivity contribution in [1.29, 1.82) is 5.26 Å². The minimum Gasteiger partial charge on any atom is -0.478 e. The van der Waals surface area contributed by atoms with E-state index in [1.807, 2.05) is 19.9 Å². The predicted molar refractivity (Wildman–Crippen MR) is 82.0 cm³/mol. The molecule has 0 unspecified atom stereocenters. The number of aliphatic carboxylic acids is 1. The molecular weight excluding hydrogens is 288 g/mol. The van der Waals surface area contributed by atoms with Crippen molar-refractivity contribution in [1.82, 2.24) is 4.90 Å². The van der Waals surface area contributed by atoms with Gasteiger partial charge in [0.1, 0.15) is 0 Å². The zero-order chi connectivity index (χ0) is 15.8. The first kappa shape index (κ1) is 16.9. The monoisotopic (exact) mass is 306 g/mol. The van der Waals surface area contributed by atoms with Gasteiger partial charge in [0.05, 0.1) is 18.1 Å². The molecule has 0 saturated heterocycles. The van der Waals surface area contributed by atoms with Crippen molar-refractivity contribution in [2.45, 2.75) is 20.3 Å². The van der Waals surface area contributed by atoms with Crippen LogP contribution in [0.2, 0.25) is 0 Å².